The summed E-state index contributed by atoms with van der Waals surface area (Å²) in [5.41, 5.74) is 0. The van der Waals surface area contributed by atoms with Gasteiger partial charge >= 0.3 is 0 Å². The molecule has 1 aromatic rings. The zero-order chi connectivity index (χ0) is 13.1. The Bertz CT molecular complexity index is 444. The SMILES string of the molecule is O=C1CCCCCC1c1nc(C2CSCCS2)no1. The van der Waals surface area contributed by atoms with Gasteiger partial charge in [-0.3, -0.25) is 4.79 Å². The Morgan fingerprint density at radius 3 is 3.00 bits per heavy atom. The fraction of sp³-hybridized carbons (Fsp3) is 0.769. The third-order valence-corrected chi connectivity index (χ3v) is 6.42. The first-order valence-electron chi connectivity index (χ1n) is 6.90. The molecule has 3 rings (SSSR count). The van der Waals surface area contributed by atoms with Crippen LogP contribution in [-0.4, -0.2) is 33.2 Å². The number of rotatable bonds is 2. The predicted molar refractivity (Wildman–Crippen MR) is 77.7 cm³/mol. The number of carbonyl (C=O) groups excluding carboxylic acids is 1. The summed E-state index contributed by atoms with van der Waals surface area (Å²) < 4.78 is 5.38. The second-order valence-corrected chi connectivity index (χ2v) is 7.50. The highest BCUT2D eigenvalue weighted by molar-refractivity contribution is 8.06. The van der Waals surface area contributed by atoms with E-state index < -0.39 is 0 Å². The molecule has 0 spiro atoms. The van der Waals surface area contributed by atoms with E-state index in [4.69, 9.17) is 4.52 Å². The van der Waals surface area contributed by atoms with E-state index in [0.29, 0.717) is 17.6 Å². The lowest BCUT2D eigenvalue weighted by atomic mass is 9.99. The molecule has 104 valence electrons. The lowest BCUT2D eigenvalue weighted by Crippen LogP contribution is -2.12. The molecule has 4 nitrogen and oxygen atoms in total. The minimum atomic E-state index is -0.148. The second kappa shape index (κ2) is 6.31. The van der Waals surface area contributed by atoms with Crippen LogP contribution >= 0.6 is 23.5 Å². The van der Waals surface area contributed by atoms with Gasteiger partial charge in [-0.25, -0.2) is 0 Å². The molecule has 0 N–H and O–H groups in total. The van der Waals surface area contributed by atoms with Crippen molar-refractivity contribution in [3.63, 3.8) is 0 Å². The molecule has 0 amide bonds. The number of Topliss-reactive ketones (excluding diaryl/α,β-unsaturated/α-hetero) is 1. The molecular formula is C13H18N2O2S2. The van der Waals surface area contributed by atoms with E-state index in [-0.39, 0.29) is 11.7 Å². The van der Waals surface area contributed by atoms with Crippen molar-refractivity contribution in [3.05, 3.63) is 11.7 Å². The average molecular weight is 298 g/mol. The fourth-order valence-corrected chi connectivity index (χ4v) is 5.17. The standard InChI is InChI=1S/C13H18N2O2S2/c16-10-5-3-1-2-4-9(10)13-14-12(15-17-13)11-8-18-6-7-19-11/h9,11H,1-8H2. The summed E-state index contributed by atoms with van der Waals surface area (Å²) >= 11 is 3.83. The monoisotopic (exact) mass is 298 g/mol. The van der Waals surface area contributed by atoms with Gasteiger partial charge in [-0.15, -0.1) is 11.8 Å². The van der Waals surface area contributed by atoms with E-state index in [1.807, 2.05) is 23.5 Å². The van der Waals surface area contributed by atoms with Crippen LogP contribution < -0.4 is 0 Å². The van der Waals surface area contributed by atoms with E-state index in [1.54, 1.807) is 0 Å². The van der Waals surface area contributed by atoms with E-state index in [2.05, 4.69) is 10.1 Å². The molecule has 6 heteroatoms. The van der Waals surface area contributed by atoms with Crippen molar-refractivity contribution in [2.75, 3.05) is 17.3 Å². The molecule has 1 aliphatic carbocycles. The molecule has 2 unspecified atom stereocenters. The molecule has 0 aromatic carbocycles. The molecule has 1 aromatic heterocycles. The summed E-state index contributed by atoms with van der Waals surface area (Å²) in [6, 6.07) is 0. The van der Waals surface area contributed by atoms with Crippen LogP contribution in [0, 0.1) is 0 Å². The van der Waals surface area contributed by atoms with Crippen LogP contribution in [0.1, 0.15) is 55.0 Å². The zero-order valence-electron chi connectivity index (χ0n) is 10.8. The van der Waals surface area contributed by atoms with Crippen LogP contribution in [0.4, 0.5) is 0 Å². The topological polar surface area (TPSA) is 56.0 Å². The Kier molecular flexibility index (Phi) is 4.48. The van der Waals surface area contributed by atoms with Gasteiger partial charge in [0.05, 0.1) is 11.2 Å². The Morgan fingerprint density at radius 1 is 1.21 bits per heavy atom. The molecule has 2 fully saturated rings. The molecule has 2 aliphatic rings. The highest BCUT2D eigenvalue weighted by Gasteiger charge is 2.29. The molecule has 19 heavy (non-hydrogen) atoms. The van der Waals surface area contributed by atoms with Gasteiger partial charge in [-0.1, -0.05) is 18.0 Å². The van der Waals surface area contributed by atoms with Gasteiger partial charge in [-0.2, -0.15) is 16.7 Å². The molecule has 1 saturated heterocycles. The van der Waals surface area contributed by atoms with Gasteiger partial charge in [-0.05, 0) is 12.8 Å². The molecule has 1 saturated carbocycles. The number of nitrogens with zero attached hydrogens (tertiary/aromatic N) is 2. The number of thioether (sulfide) groups is 2. The number of carbonyl (C=O) groups is 1. The molecule has 1 aliphatic heterocycles. The highest BCUT2D eigenvalue weighted by Crippen LogP contribution is 2.36. The Morgan fingerprint density at radius 2 is 2.16 bits per heavy atom. The van der Waals surface area contributed by atoms with E-state index in [1.165, 1.54) is 5.75 Å². The van der Waals surface area contributed by atoms with Crippen molar-refractivity contribution < 1.29 is 9.32 Å². The Labute approximate surface area is 121 Å². The van der Waals surface area contributed by atoms with Crippen LogP contribution in [0.3, 0.4) is 0 Å². The minimum Gasteiger partial charge on any atom is -0.339 e. The summed E-state index contributed by atoms with van der Waals surface area (Å²) in [5.74, 6) is 4.85. The van der Waals surface area contributed by atoms with Crippen LogP contribution in [-0.2, 0) is 4.79 Å². The van der Waals surface area contributed by atoms with E-state index in [0.717, 1.165) is 43.0 Å². The molecular weight excluding hydrogens is 280 g/mol. The highest BCUT2D eigenvalue weighted by atomic mass is 32.2. The largest absolute Gasteiger partial charge is 0.339 e. The summed E-state index contributed by atoms with van der Waals surface area (Å²) in [5, 5.41) is 4.44. The lowest BCUT2D eigenvalue weighted by Gasteiger charge is -2.17. The smallest absolute Gasteiger partial charge is 0.237 e. The summed E-state index contributed by atoms with van der Waals surface area (Å²) in [6.07, 6.45) is 4.76. The predicted octanol–water partition coefficient (Wildman–Crippen LogP) is 3.21. The Balaban J connectivity index is 1.74. The van der Waals surface area contributed by atoms with Crippen LogP contribution in [0.5, 0.6) is 0 Å². The summed E-state index contributed by atoms with van der Waals surface area (Å²) in [6.45, 7) is 0. The first kappa shape index (κ1) is 13.5. The zero-order valence-corrected chi connectivity index (χ0v) is 12.5. The van der Waals surface area contributed by atoms with Crippen LogP contribution in [0.25, 0.3) is 0 Å². The van der Waals surface area contributed by atoms with Gasteiger partial charge in [0.15, 0.2) is 5.82 Å². The maximum Gasteiger partial charge on any atom is 0.237 e. The first-order valence-corrected chi connectivity index (χ1v) is 9.10. The van der Waals surface area contributed by atoms with Crippen molar-refractivity contribution in [1.82, 2.24) is 10.1 Å². The van der Waals surface area contributed by atoms with Crippen molar-refractivity contribution in [3.8, 4) is 0 Å². The minimum absolute atomic E-state index is 0.148. The number of hydrogen-bond acceptors (Lipinski definition) is 6. The summed E-state index contributed by atoms with van der Waals surface area (Å²) in [4.78, 5) is 16.6. The number of hydrogen-bond donors (Lipinski definition) is 0. The van der Waals surface area contributed by atoms with E-state index in [9.17, 15) is 4.79 Å². The van der Waals surface area contributed by atoms with Gasteiger partial charge in [0.1, 0.15) is 5.78 Å². The van der Waals surface area contributed by atoms with Crippen molar-refractivity contribution in [1.29, 1.82) is 0 Å². The lowest BCUT2D eigenvalue weighted by molar-refractivity contribution is -0.120. The first-order chi connectivity index (χ1) is 9.34. The third kappa shape index (κ3) is 3.16. The Hall–Kier alpha value is -0.490. The van der Waals surface area contributed by atoms with Gasteiger partial charge in [0.25, 0.3) is 0 Å². The fourth-order valence-electron chi connectivity index (χ4n) is 2.58. The molecule has 2 heterocycles. The normalized spacial score (nSPS) is 29.2. The van der Waals surface area contributed by atoms with E-state index >= 15 is 0 Å². The molecule has 2 atom stereocenters. The van der Waals surface area contributed by atoms with Crippen molar-refractivity contribution >= 4 is 29.3 Å². The van der Waals surface area contributed by atoms with Crippen LogP contribution in [0.2, 0.25) is 0 Å². The number of ketones is 1. The van der Waals surface area contributed by atoms with Crippen LogP contribution in [0.15, 0.2) is 4.52 Å². The quantitative estimate of drug-likeness (QED) is 0.781. The number of aromatic nitrogens is 2. The molecule has 0 bridgehead atoms. The maximum atomic E-state index is 12.1. The summed E-state index contributed by atoms with van der Waals surface area (Å²) in [7, 11) is 0. The maximum absolute atomic E-state index is 12.1. The van der Waals surface area contributed by atoms with Gasteiger partial charge in [0.2, 0.25) is 5.89 Å². The van der Waals surface area contributed by atoms with Crippen molar-refractivity contribution in [2.45, 2.75) is 43.3 Å². The third-order valence-electron chi connectivity index (χ3n) is 3.66. The second-order valence-electron chi connectivity index (χ2n) is 5.04. The van der Waals surface area contributed by atoms with Gasteiger partial charge < -0.3 is 4.52 Å². The molecule has 0 radical (unpaired) electrons. The van der Waals surface area contributed by atoms with Crippen molar-refractivity contribution in [2.24, 2.45) is 0 Å². The van der Waals surface area contributed by atoms with Gasteiger partial charge in [0, 0.05) is 23.7 Å². The average Bonchev–Trinajstić information content (AvgIpc) is 2.83.